The summed E-state index contributed by atoms with van der Waals surface area (Å²) in [4.78, 5) is 11.5. The lowest BCUT2D eigenvalue weighted by molar-refractivity contribution is 0.166. The molecule has 1 amide bonds. The standard InChI is InChI=1S/C17H15NO4S/c1-14-9-11-16(12-10-14)23(20,21)18-17(19)22-13-5-8-15-6-3-2-4-7-15/h2-4,6-7,9-12H,13H2,1H3,(H,18,19). The molecule has 0 fully saturated rings. The molecule has 0 spiro atoms. The van der Waals surface area contributed by atoms with E-state index in [1.165, 1.54) is 12.1 Å². The van der Waals surface area contributed by atoms with Crippen molar-refractivity contribution in [1.82, 2.24) is 4.72 Å². The maximum Gasteiger partial charge on any atom is 0.422 e. The zero-order valence-electron chi connectivity index (χ0n) is 12.4. The minimum Gasteiger partial charge on any atom is -0.436 e. The van der Waals surface area contributed by atoms with Crippen molar-refractivity contribution in [1.29, 1.82) is 0 Å². The average Bonchev–Trinajstić information content (AvgIpc) is 2.52. The Hall–Kier alpha value is -2.78. The summed E-state index contributed by atoms with van der Waals surface area (Å²) in [6.07, 6.45) is -1.06. The molecule has 5 nitrogen and oxygen atoms in total. The largest absolute Gasteiger partial charge is 0.436 e. The van der Waals surface area contributed by atoms with Crippen molar-refractivity contribution in [3.05, 3.63) is 65.7 Å². The first-order chi connectivity index (χ1) is 11.0. The molecule has 0 aliphatic carbocycles. The first-order valence-electron chi connectivity index (χ1n) is 6.77. The van der Waals surface area contributed by atoms with Crippen LogP contribution in [-0.4, -0.2) is 21.1 Å². The number of benzene rings is 2. The molecule has 0 heterocycles. The van der Waals surface area contributed by atoms with Gasteiger partial charge in [-0.2, -0.15) is 0 Å². The fourth-order valence-corrected chi connectivity index (χ4v) is 2.57. The molecule has 2 aromatic rings. The molecule has 0 aliphatic heterocycles. The van der Waals surface area contributed by atoms with E-state index in [0.717, 1.165) is 11.1 Å². The van der Waals surface area contributed by atoms with E-state index in [1.54, 1.807) is 12.1 Å². The summed E-state index contributed by atoms with van der Waals surface area (Å²) in [5.74, 6) is 5.43. The molecule has 0 aromatic heterocycles. The first kappa shape index (κ1) is 16.6. The lowest BCUT2D eigenvalue weighted by Gasteiger charge is -2.06. The van der Waals surface area contributed by atoms with Crippen molar-refractivity contribution in [2.75, 3.05) is 6.61 Å². The van der Waals surface area contributed by atoms with Gasteiger partial charge in [-0.15, -0.1) is 0 Å². The number of hydrogen-bond acceptors (Lipinski definition) is 4. The molecular weight excluding hydrogens is 314 g/mol. The van der Waals surface area contributed by atoms with Gasteiger partial charge in [-0.05, 0) is 31.2 Å². The van der Waals surface area contributed by atoms with E-state index in [2.05, 4.69) is 11.8 Å². The fourth-order valence-electron chi connectivity index (χ4n) is 1.68. The molecule has 0 atom stereocenters. The van der Waals surface area contributed by atoms with Crippen molar-refractivity contribution >= 4 is 16.1 Å². The van der Waals surface area contributed by atoms with E-state index in [1.807, 2.05) is 42.0 Å². The van der Waals surface area contributed by atoms with Gasteiger partial charge in [-0.25, -0.2) is 17.9 Å². The second-order valence-corrected chi connectivity index (χ2v) is 6.34. The Morgan fingerprint density at radius 2 is 1.74 bits per heavy atom. The van der Waals surface area contributed by atoms with E-state index in [9.17, 15) is 13.2 Å². The van der Waals surface area contributed by atoms with Gasteiger partial charge in [0.1, 0.15) is 0 Å². The Bertz CT molecular complexity index is 832. The highest BCUT2D eigenvalue weighted by molar-refractivity contribution is 7.90. The summed E-state index contributed by atoms with van der Waals surface area (Å²) in [5, 5.41) is 0. The summed E-state index contributed by atoms with van der Waals surface area (Å²) in [5.41, 5.74) is 1.70. The number of ether oxygens (including phenoxy) is 1. The quantitative estimate of drug-likeness (QED) is 0.878. The molecule has 0 radical (unpaired) electrons. The van der Waals surface area contributed by atoms with E-state index in [0.29, 0.717) is 0 Å². The Balaban J connectivity index is 1.89. The van der Waals surface area contributed by atoms with Gasteiger partial charge in [0, 0.05) is 5.56 Å². The molecular formula is C17H15NO4S. The SMILES string of the molecule is Cc1ccc(S(=O)(=O)NC(=O)OCC#Cc2ccccc2)cc1. The fraction of sp³-hybridized carbons (Fsp3) is 0.118. The maximum atomic E-state index is 12.0. The maximum absolute atomic E-state index is 12.0. The van der Waals surface area contributed by atoms with E-state index in [-0.39, 0.29) is 11.5 Å². The Labute approximate surface area is 135 Å². The van der Waals surface area contributed by atoms with E-state index in [4.69, 9.17) is 4.74 Å². The van der Waals surface area contributed by atoms with Gasteiger partial charge in [-0.3, -0.25) is 0 Å². The number of aryl methyl sites for hydroxylation is 1. The molecule has 0 aliphatic rings. The van der Waals surface area contributed by atoms with Gasteiger partial charge in [-0.1, -0.05) is 47.7 Å². The predicted molar refractivity (Wildman–Crippen MR) is 86.2 cm³/mol. The van der Waals surface area contributed by atoms with Gasteiger partial charge in [0.15, 0.2) is 6.61 Å². The number of amides is 1. The van der Waals surface area contributed by atoms with Crippen molar-refractivity contribution in [3.63, 3.8) is 0 Å². The molecule has 1 N–H and O–H groups in total. The molecule has 2 aromatic carbocycles. The van der Waals surface area contributed by atoms with Crippen LogP contribution in [0.3, 0.4) is 0 Å². The molecule has 0 saturated heterocycles. The van der Waals surface area contributed by atoms with E-state index >= 15 is 0 Å². The third-order valence-electron chi connectivity index (χ3n) is 2.83. The minimum absolute atomic E-state index is 0.00424. The molecule has 0 unspecified atom stereocenters. The van der Waals surface area contributed by atoms with Gasteiger partial charge in [0.2, 0.25) is 0 Å². The number of hydrogen-bond donors (Lipinski definition) is 1. The first-order valence-corrected chi connectivity index (χ1v) is 8.26. The van der Waals surface area contributed by atoms with Gasteiger partial charge in [0.05, 0.1) is 4.90 Å². The zero-order valence-corrected chi connectivity index (χ0v) is 13.3. The van der Waals surface area contributed by atoms with Crippen molar-refractivity contribution in [2.24, 2.45) is 0 Å². The Kier molecular flexibility index (Phi) is 5.39. The van der Waals surface area contributed by atoms with Crippen molar-refractivity contribution in [2.45, 2.75) is 11.8 Å². The average molecular weight is 329 g/mol. The van der Waals surface area contributed by atoms with Crippen LogP contribution in [0.1, 0.15) is 11.1 Å². The third kappa shape index (κ3) is 5.16. The highest BCUT2D eigenvalue weighted by atomic mass is 32.2. The molecule has 23 heavy (non-hydrogen) atoms. The van der Waals surface area contributed by atoms with Crippen LogP contribution in [0.15, 0.2) is 59.5 Å². The Morgan fingerprint density at radius 1 is 1.09 bits per heavy atom. The van der Waals surface area contributed by atoms with Crippen LogP contribution < -0.4 is 4.72 Å². The number of nitrogens with one attached hydrogen (secondary N) is 1. The molecule has 118 valence electrons. The molecule has 0 bridgehead atoms. The molecule has 2 rings (SSSR count). The number of sulfonamides is 1. The van der Waals surface area contributed by atoms with Crippen LogP contribution in [0, 0.1) is 18.8 Å². The lowest BCUT2D eigenvalue weighted by Crippen LogP contribution is -2.31. The van der Waals surface area contributed by atoms with Crippen LogP contribution in [0.5, 0.6) is 0 Å². The molecule has 0 saturated carbocycles. The number of carbonyl (C=O) groups is 1. The van der Waals surface area contributed by atoms with Crippen LogP contribution in [-0.2, 0) is 14.8 Å². The smallest absolute Gasteiger partial charge is 0.422 e. The zero-order chi connectivity index (χ0) is 16.7. The lowest BCUT2D eigenvalue weighted by atomic mass is 10.2. The monoisotopic (exact) mass is 329 g/mol. The van der Waals surface area contributed by atoms with Gasteiger partial charge >= 0.3 is 6.09 Å². The van der Waals surface area contributed by atoms with E-state index < -0.39 is 16.1 Å². The Morgan fingerprint density at radius 3 is 2.39 bits per heavy atom. The highest BCUT2D eigenvalue weighted by Crippen LogP contribution is 2.09. The van der Waals surface area contributed by atoms with Crippen LogP contribution in [0.25, 0.3) is 0 Å². The van der Waals surface area contributed by atoms with Crippen LogP contribution in [0.4, 0.5) is 4.79 Å². The third-order valence-corrected chi connectivity index (χ3v) is 4.16. The summed E-state index contributed by atoms with van der Waals surface area (Å²) < 4.78 is 30.5. The van der Waals surface area contributed by atoms with Crippen molar-refractivity contribution in [3.8, 4) is 11.8 Å². The number of carbonyl (C=O) groups excluding carboxylic acids is 1. The minimum atomic E-state index is -3.94. The second kappa shape index (κ2) is 7.47. The second-order valence-electron chi connectivity index (χ2n) is 4.66. The van der Waals surface area contributed by atoms with Crippen LogP contribution >= 0.6 is 0 Å². The summed E-state index contributed by atoms with van der Waals surface area (Å²) >= 11 is 0. The summed E-state index contributed by atoms with van der Waals surface area (Å²) in [7, 11) is -3.94. The highest BCUT2D eigenvalue weighted by Gasteiger charge is 2.17. The summed E-state index contributed by atoms with van der Waals surface area (Å²) in [6.45, 7) is 1.63. The van der Waals surface area contributed by atoms with Crippen LogP contribution in [0.2, 0.25) is 0 Å². The van der Waals surface area contributed by atoms with Gasteiger partial charge in [0.25, 0.3) is 10.0 Å². The van der Waals surface area contributed by atoms with Crippen molar-refractivity contribution < 1.29 is 17.9 Å². The topological polar surface area (TPSA) is 72.5 Å². The molecule has 6 heteroatoms. The normalized spacial score (nSPS) is 10.3. The summed E-state index contributed by atoms with van der Waals surface area (Å²) in [6, 6.07) is 15.3. The number of rotatable bonds is 3. The van der Waals surface area contributed by atoms with Gasteiger partial charge < -0.3 is 4.74 Å². The predicted octanol–water partition coefficient (Wildman–Crippen LogP) is 2.46.